The number of nitriles is 1. The van der Waals surface area contributed by atoms with Crippen molar-refractivity contribution in [3.05, 3.63) is 44.7 Å². The van der Waals surface area contributed by atoms with Gasteiger partial charge in [-0.2, -0.15) is 10.2 Å². The van der Waals surface area contributed by atoms with Crippen LogP contribution >= 0.6 is 0 Å². The van der Waals surface area contributed by atoms with E-state index < -0.39 is 11.1 Å². The molecule has 3 aliphatic rings. The highest BCUT2D eigenvalue weighted by Gasteiger charge is 2.42. The molecular formula is C26H38N8O2. The van der Waals surface area contributed by atoms with Gasteiger partial charge in [-0.15, -0.1) is 0 Å². The molecule has 1 aliphatic heterocycles. The first-order valence-corrected chi connectivity index (χ1v) is 12.8. The van der Waals surface area contributed by atoms with Crippen LogP contribution in [0.4, 0.5) is 5.82 Å². The Balaban J connectivity index is 1.58. The van der Waals surface area contributed by atoms with Crippen molar-refractivity contribution >= 4 is 11.7 Å². The predicted octanol–water partition coefficient (Wildman–Crippen LogP) is 2.39. The zero-order chi connectivity index (χ0) is 26.0. The third kappa shape index (κ3) is 4.85. The summed E-state index contributed by atoms with van der Waals surface area (Å²) < 4.78 is 0. The van der Waals surface area contributed by atoms with Crippen LogP contribution in [0.25, 0.3) is 0 Å². The number of allylic oxidation sites excluding steroid dienone is 3. The Hall–Kier alpha value is -3.32. The van der Waals surface area contributed by atoms with Crippen molar-refractivity contribution in [3.63, 3.8) is 0 Å². The molecule has 0 spiro atoms. The van der Waals surface area contributed by atoms with E-state index in [1.807, 2.05) is 13.8 Å². The second-order valence-corrected chi connectivity index (χ2v) is 10.5. The summed E-state index contributed by atoms with van der Waals surface area (Å²) in [7, 11) is 0. The van der Waals surface area contributed by atoms with Crippen molar-refractivity contribution in [2.75, 3.05) is 18.0 Å². The molecule has 1 aromatic heterocycles. The number of piperazine rings is 1. The van der Waals surface area contributed by atoms with Crippen molar-refractivity contribution in [1.82, 2.24) is 15.3 Å². The molecule has 10 nitrogen and oxygen atoms in total. The van der Waals surface area contributed by atoms with E-state index >= 15 is 0 Å². The Bertz CT molecular complexity index is 1190. The topological polar surface area (TPSA) is 158 Å². The molecule has 4 atom stereocenters. The maximum Gasteiger partial charge on any atom is 0.347 e. The minimum Gasteiger partial charge on any atom is -0.401 e. The van der Waals surface area contributed by atoms with Crippen LogP contribution in [0.3, 0.4) is 0 Å². The average molecular weight is 495 g/mol. The highest BCUT2D eigenvalue weighted by molar-refractivity contribution is 5.95. The van der Waals surface area contributed by atoms with Gasteiger partial charge in [-0.3, -0.25) is 0 Å². The van der Waals surface area contributed by atoms with Crippen molar-refractivity contribution in [1.29, 1.82) is 5.26 Å². The minimum atomic E-state index is -0.468. The molecule has 1 saturated heterocycles. The zero-order valence-electron chi connectivity index (χ0n) is 21.7. The molecule has 10 heteroatoms. The number of hydrogen-bond donors (Lipinski definition) is 4. The van der Waals surface area contributed by atoms with E-state index in [9.17, 15) is 10.1 Å². The van der Waals surface area contributed by atoms with Gasteiger partial charge in [0.15, 0.2) is 5.84 Å². The number of nitrogens with two attached hydrogens (primary N) is 2. The predicted molar refractivity (Wildman–Crippen MR) is 140 cm³/mol. The first kappa shape index (κ1) is 25.8. The Morgan fingerprint density at radius 3 is 2.89 bits per heavy atom. The fraction of sp³-hybridized carbons (Fsp3) is 0.615. The quantitative estimate of drug-likeness (QED) is 0.203. The Kier molecular flexibility index (Phi) is 7.41. The number of rotatable bonds is 6. The molecule has 1 aromatic rings. The molecule has 0 radical (unpaired) electrons. The molecule has 0 amide bonds. The Morgan fingerprint density at radius 2 is 2.17 bits per heavy atom. The molecule has 1 saturated carbocycles. The normalized spacial score (nSPS) is 28.3. The number of aromatic nitrogens is 2. The molecule has 2 heterocycles. The molecule has 6 N–H and O–H groups in total. The number of aromatic amines is 1. The van der Waals surface area contributed by atoms with Gasteiger partial charge >= 0.3 is 5.69 Å². The van der Waals surface area contributed by atoms with Crippen LogP contribution in [0.5, 0.6) is 0 Å². The smallest absolute Gasteiger partial charge is 0.347 e. The fourth-order valence-corrected chi connectivity index (χ4v) is 6.11. The molecule has 2 aliphatic carbocycles. The lowest BCUT2D eigenvalue weighted by atomic mass is 9.66. The van der Waals surface area contributed by atoms with E-state index in [-0.39, 0.29) is 11.9 Å². The van der Waals surface area contributed by atoms with E-state index in [4.69, 9.17) is 16.3 Å². The van der Waals surface area contributed by atoms with E-state index in [0.717, 1.165) is 62.8 Å². The molecule has 4 rings (SSSR count). The van der Waals surface area contributed by atoms with Gasteiger partial charge in [-0.05, 0) is 64.9 Å². The summed E-state index contributed by atoms with van der Waals surface area (Å²) in [4.78, 5) is 27.5. The second-order valence-electron chi connectivity index (χ2n) is 10.5. The third-order valence-electron chi connectivity index (χ3n) is 8.15. The summed E-state index contributed by atoms with van der Waals surface area (Å²) in [6, 6.07) is 4.81. The third-order valence-corrected chi connectivity index (χ3v) is 8.15. The van der Waals surface area contributed by atoms with Crippen LogP contribution in [0.1, 0.15) is 71.9 Å². The molecule has 0 aromatic carbocycles. The van der Waals surface area contributed by atoms with Gasteiger partial charge in [0.1, 0.15) is 18.0 Å². The van der Waals surface area contributed by atoms with Crippen LogP contribution in [0.15, 0.2) is 38.4 Å². The SMILES string of the molecule is CC1=C(/C(C#N)=C(\C)N)[C@@](C)(C(C)O/N=C(\N)c2cc(N3CCNC4CCCC43)nc(=O)[nH]2)CCC1. The number of anilines is 1. The number of H-pyrrole nitrogens is 1. The number of oxime groups is 1. The maximum absolute atomic E-state index is 12.4. The van der Waals surface area contributed by atoms with Crippen LogP contribution in [-0.2, 0) is 4.84 Å². The summed E-state index contributed by atoms with van der Waals surface area (Å²) in [6.45, 7) is 9.44. The average Bonchev–Trinajstić information content (AvgIpc) is 3.33. The molecule has 2 fully saturated rings. The van der Waals surface area contributed by atoms with Crippen LogP contribution in [0.2, 0.25) is 0 Å². The van der Waals surface area contributed by atoms with Gasteiger partial charge in [0.05, 0.1) is 11.3 Å². The molecule has 0 bridgehead atoms. The van der Waals surface area contributed by atoms with Gasteiger partial charge in [-0.1, -0.05) is 17.7 Å². The zero-order valence-corrected chi connectivity index (χ0v) is 21.7. The highest BCUT2D eigenvalue weighted by atomic mass is 16.6. The van der Waals surface area contributed by atoms with Gasteiger partial charge in [-0.25, -0.2) is 4.79 Å². The first-order valence-electron chi connectivity index (χ1n) is 12.8. The van der Waals surface area contributed by atoms with Crippen LogP contribution in [0, 0.1) is 16.7 Å². The fourth-order valence-electron chi connectivity index (χ4n) is 6.11. The van der Waals surface area contributed by atoms with Crippen LogP contribution in [-0.4, -0.2) is 47.1 Å². The van der Waals surface area contributed by atoms with E-state index in [2.05, 4.69) is 38.3 Å². The molecule has 194 valence electrons. The first-order chi connectivity index (χ1) is 17.2. The largest absolute Gasteiger partial charge is 0.401 e. The summed E-state index contributed by atoms with van der Waals surface area (Å²) in [6.07, 6.45) is 5.70. The van der Waals surface area contributed by atoms with Gasteiger partial charge in [0, 0.05) is 42.4 Å². The lowest BCUT2D eigenvalue weighted by molar-refractivity contribution is -0.00797. The van der Waals surface area contributed by atoms with E-state index in [0.29, 0.717) is 34.9 Å². The lowest BCUT2D eigenvalue weighted by Gasteiger charge is -2.40. The van der Waals surface area contributed by atoms with E-state index in [1.54, 1.807) is 13.0 Å². The maximum atomic E-state index is 12.4. The Labute approximate surface area is 212 Å². The monoisotopic (exact) mass is 494 g/mol. The summed E-state index contributed by atoms with van der Waals surface area (Å²) in [5.41, 5.74) is 14.9. The number of nitrogens with zero attached hydrogens (tertiary/aromatic N) is 4. The molecular weight excluding hydrogens is 456 g/mol. The van der Waals surface area contributed by atoms with E-state index in [1.165, 1.54) is 0 Å². The molecule has 3 unspecified atom stereocenters. The summed E-state index contributed by atoms with van der Waals surface area (Å²) >= 11 is 0. The minimum absolute atomic E-state index is 0.0772. The van der Waals surface area contributed by atoms with Gasteiger partial charge in [0.25, 0.3) is 0 Å². The van der Waals surface area contributed by atoms with Crippen molar-refractivity contribution in [2.45, 2.75) is 84.4 Å². The summed E-state index contributed by atoms with van der Waals surface area (Å²) in [5, 5.41) is 17.6. The van der Waals surface area contributed by atoms with Crippen LogP contribution < -0.4 is 27.4 Å². The second kappa shape index (κ2) is 10.3. The number of nitrogens with one attached hydrogen (secondary N) is 2. The number of fused-ring (bicyclic) bond motifs is 1. The van der Waals surface area contributed by atoms with Gasteiger partial charge < -0.3 is 31.5 Å². The Morgan fingerprint density at radius 1 is 1.39 bits per heavy atom. The molecule has 36 heavy (non-hydrogen) atoms. The number of amidine groups is 1. The van der Waals surface area contributed by atoms with Gasteiger partial charge in [0.2, 0.25) is 0 Å². The highest BCUT2D eigenvalue weighted by Crippen LogP contribution is 2.47. The van der Waals surface area contributed by atoms with Crippen molar-refractivity contribution in [3.8, 4) is 6.07 Å². The van der Waals surface area contributed by atoms with Crippen molar-refractivity contribution in [2.24, 2.45) is 22.0 Å². The number of hydrogen-bond acceptors (Lipinski definition) is 8. The lowest BCUT2D eigenvalue weighted by Crippen LogP contribution is -2.56. The van der Waals surface area contributed by atoms with Crippen molar-refractivity contribution < 1.29 is 4.84 Å². The standard InChI is InChI=1S/C26H38N8O2/c1-15-7-6-10-26(4,23(15)18(14-27)16(2)28)17(3)36-33-24(29)20-13-22(32-25(35)31-20)34-12-11-30-19-8-5-9-21(19)34/h13,17,19,21,30H,5-12,28H2,1-4H3,(H2,29,33)(H,31,32,35)/b18-16+/t17?,19?,21?,26-/m1/s1. The summed E-state index contributed by atoms with van der Waals surface area (Å²) in [5.74, 6) is 0.689.